The first kappa shape index (κ1) is 18.4. The number of urea groups is 1. The third kappa shape index (κ3) is 6.40. The molecular formula is C14H22FN3O3S. The molecule has 1 aromatic rings. The zero-order valence-electron chi connectivity index (χ0n) is 13.0. The summed E-state index contributed by atoms with van der Waals surface area (Å²) in [5.74, 6) is -0.318. The number of nitrogens with one attached hydrogen (secondary N) is 2. The Kier molecular flexibility index (Phi) is 6.76. The molecule has 8 heteroatoms. The van der Waals surface area contributed by atoms with Gasteiger partial charge in [-0.05, 0) is 31.0 Å². The van der Waals surface area contributed by atoms with Gasteiger partial charge >= 0.3 is 6.03 Å². The SMILES string of the molecule is C[C@@H](c1ccc(F)cc1)N(C)C(=O)NCCCNS(C)(=O)=O. The molecule has 0 bridgehead atoms. The van der Waals surface area contributed by atoms with Gasteiger partial charge in [0.05, 0.1) is 12.3 Å². The second-order valence-electron chi connectivity index (χ2n) is 5.09. The van der Waals surface area contributed by atoms with Crippen LogP contribution in [0.2, 0.25) is 0 Å². The maximum Gasteiger partial charge on any atom is 0.317 e. The van der Waals surface area contributed by atoms with Crippen LogP contribution in [0.3, 0.4) is 0 Å². The van der Waals surface area contributed by atoms with Crippen molar-refractivity contribution in [3.8, 4) is 0 Å². The van der Waals surface area contributed by atoms with E-state index in [0.29, 0.717) is 13.0 Å². The number of halogens is 1. The number of amides is 2. The van der Waals surface area contributed by atoms with E-state index in [1.165, 1.54) is 17.0 Å². The van der Waals surface area contributed by atoms with Gasteiger partial charge in [-0.1, -0.05) is 12.1 Å². The molecule has 0 spiro atoms. The van der Waals surface area contributed by atoms with E-state index >= 15 is 0 Å². The third-order valence-electron chi connectivity index (χ3n) is 3.25. The summed E-state index contributed by atoms with van der Waals surface area (Å²) in [6.45, 7) is 2.48. The van der Waals surface area contributed by atoms with Crippen LogP contribution in [0.1, 0.15) is 24.9 Å². The minimum Gasteiger partial charge on any atom is -0.338 e. The average molecular weight is 331 g/mol. The molecule has 0 aromatic heterocycles. The quantitative estimate of drug-likeness (QED) is 0.743. The van der Waals surface area contributed by atoms with Crippen molar-refractivity contribution in [1.29, 1.82) is 0 Å². The molecule has 6 nitrogen and oxygen atoms in total. The number of rotatable bonds is 7. The third-order valence-corrected chi connectivity index (χ3v) is 3.98. The van der Waals surface area contributed by atoms with Crippen LogP contribution >= 0.6 is 0 Å². The Morgan fingerprint density at radius 2 is 1.86 bits per heavy atom. The van der Waals surface area contributed by atoms with Crippen LogP contribution in [0.5, 0.6) is 0 Å². The summed E-state index contributed by atoms with van der Waals surface area (Å²) < 4.78 is 37.0. The predicted octanol–water partition coefficient (Wildman–Crippen LogP) is 1.47. The van der Waals surface area contributed by atoms with Crippen LogP contribution in [-0.4, -0.2) is 45.7 Å². The van der Waals surface area contributed by atoms with Gasteiger partial charge in [0.25, 0.3) is 0 Å². The zero-order valence-corrected chi connectivity index (χ0v) is 13.8. The predicted molar refractivity (Wildman–Crippen MR) is 83.4 cm³/mol. The fourth-order valence-corrected chi connectivity index (χ4v) is 2.32. The number of carbonyl (C=O) groups excluding carboxylic acids is 1. The molecular weight excluding hydrogens is 309 g/mol. The summed E-state index contributed by atoms with van der Waals surface area (Å²) in [4.78, 5) is 13.5. The highest BCUT2D eigenvalue weighted by Gasteiger charge is 2.16. The minimum atomic E-state index is -3.20. The topological polar surface area (TPSA) is 78.5 Å². The Bertz CT molecular complexity index is 590. The highest BCUT2D eigenvalue weighted by Crippen LogP contribution is 2.18. The molecule has 0 saturated heterocycles. The van der Waals surface area contributed by atoms with Crippen molar-refractivity contribution in [3.63, 3.8) is 0 Å². The lowest BCUT2D eigenvalue weighted by Gasteiger charge is -2.25. The van der Waals surface area contributed by atoms with E-state index in [-0.39, 0.29) is 24.4 Å². The van der Waals surface area contributed by atoms with Gasteiger partial charge in [0.15, 0.2) is 0 Å². The lowest BCUT2D eigenvalue weighted by atomic mass is 10.1. The number of hydrogen-bond donors (Lipinski definition) is 2. The van der Waals surface area contributed by atoms with Crippen LogP contribution in [0.25, 0.3) is 0 Å². The second-order valence-corrected chi connectivity index (χ2v) is 6.92. The summed E-state index contributed by atoms with van der Waals surface area (Å²) in [7, 11) is -1.55. The maximum atomic E-state index is 12.9. The average Bonchev–Trinajstić information content (AvgIpc) is 2.44. The zero-order chi connectivity index (χ0) is 16.8. The lowest BCUT2D eigenvalue weighted by Crippen LogP contribution is -2.39. The Hall–Kier alpha value is -1.67. The summed E-state index contributed by atoms with van der Waals surface area (Å²) >= 11 is 0. The number of carbonyl (C=O) groups is 1. The number of benzene rings is 1. The molecule has 0 aliphatic heterocycles. The summed E-state index contributed by atoms with van der Waals surface area (Å²) in [5, 5.41) is 2.71. The van der Waals surface area contributed by atoms with Gasteiger partial charge in [0, 0.05) is 20.1 Å². The van der Waals surface area contributed by atoms with Crippen molar-refractivity contribution in [2.75, 3.05) is 26.4 Å². The smallest absolute Gasteiger partial charge is 0.317 e. The first-order chi connectivity index (χ1) is 10.2. The molecule has 0 radical (unpaired) electrons. The first-order valence-electron chi connectivity index (χ1n) is 6.91. The summed E-state index contributed by atoms with van der Waals surface area (Å²) in [6.07, 6.45) is 1.58. The van der Waals surface area contributed by atoms with Crippen molar-refractivity contribution < 1.29 is 17.6 Å². The largest absolute Gasteiger partial charge is 0.338 e. The van der Waals surface area contributed by atoms with Gasteiger partial charge in [-0.15, -0.1) is 0 Å². The van der Waals surface area contributed by atoms with E-state index in [9.17, 15) is 17.6 Å². The van der Waals surface area contributed by atoms with Crippen molar-refractivity contribution in [2.24, 2.45) is 0 Å². The number of hydrogen-bond acceptors (Lipinski definition) is 3. The Labute approximate surface area is 130 Å². The van der Waals surface area contributed by atoms with Crippen LogP contribution in [0, 0.1) is 5.82 Å². The number of nitrogens with zero attached hydrogens (tertiary/aromatic N) is 1. The molecule has 1 atom stereocenters. The molecule has 0 unspecified atom stereocenters. The molecule has 0 saturated carbocycles. The normalized spacial score (nSPS) is 12.7. The highest BCUT2D eigenvalue weighted by atomic mass is 32.2. The van der Waals surface area contributed by atoms with Crippen molar-refractivity contribution >= 4 is 16.1 Å². The van der Waals surface area contributed by atoms with E-state index in [0.717, 1.165) is 11.8 Å². The van der Waals surface area contributed by atoms with Crippen LogP contribution in [-0.2, 0) is 10.0 Å². The van der Waals surface area contributed by atoms with Gasteiger partial charge in [0.2, 0.25) is 10.0 Å². The first-order valence-corrected chi connectivity index (χ1v) is 8.80. The van der Waals surface area contributed by atoms with Gasteiger partial charge in [-0.25, -0.2) is 22.3 Å². The molecule has 124 valence electrons. The van der Waals surface area contributed by atoms with Gasteiger partial charge in [-0.2, -0.15) is 0 Å². The number of sulfonamides is 1. The fourth-order valence-electron chi connectivity index (χ4n) is 1.81. The van der Waals surface area contributed by atoms with Crippen LogP contribution in [0.4, 0.5) is 9.18 Å². The maximum absolute atomic E-state index is 12.9. The van der Waals surface area contributed by atoms with Crippen LogP contribution < -0.4 is 10.0 Å². The van der Waals surface area contributed by atoms with E-state index in [4.69, 9.17) is 0 Å². The van der Waals surface area contributed by atoms with Gasteiger partial charge in [0.1, 0.15) is 5.82 Å². The molecule has 0 fully saturated rings. The lowest BCUT2D eigenvalue weighted by molar-refractivity contribution is 0.194. The highest BCUT2D eigenvalue weighted by molar-refractivity contribution is 7.88. The Morgan fingerprint density at radius 3 is 2.41 bits per heavy atom. The van der Waals surface area contributed by atoms with E-state index < -0.39 is 10.0 Å². The van der Waals surface area contributed by atoms with Gasteiger partial charge in [-0.3, -0.25) is 0 Å². The molecule has 22 heavy (non-hydrogen) atoms. The monoisotopic (exact) mass is 331 g/mol. The molecule has 1 rings (SSSR count). The molecule has 1 aromatic carbocycles. The molecule has 2 N–H and O–H groups in total. The fraction of sp³-hybridized carbons (Fsp3) is 0.500. The van der Waals surface area contributed by atoms with Crippen molar-refractivity contribution in [1.82, 2.24) is 14.9 Å². The van der Waals surface area contributed by atoms with Crippen molar-refractivity contribution in [2.45, 2.75) is 19.4 Å². The summed E-state index contributed by atoms with van der Waals surface area (Å²) in [6, 6.07) is 5.52. The standard InChI is InChI=1S/C14H22FN3O3S/c1-11(12-5-7-13(15)8-6-12)18(2)14(19)16-9-4-10-17-22(3,20)21/h5-8,11,17H,4,9-10H2,1-3H3,(H,16,19)/t11-/m0/s1. The molecule has 2 amide bonds. The van der Waals surface area contributed by atoms with Crippen molar-refractivity contribution in [3.05, 3.63) is 35.6 Å². The van der Waals surface area contributed by atoms with E-state index in [1.807, 2.05) is 6.92 Å². The molecule has 0 aliphatic carbocycles. The Morgan fingerprint density at radius 1 is 1.27 bits per heavy atom. The van der Waals surface area contributed by atoms with E-state index in [2.05, 4.69) is 10.0 Å². The van der Waals surface area contributed by atoms with Crippen LogP contribution in [0.15, 0.2) is 24.3 Å². The molecule has 0 heterocycles. The second kappa shape index (κ2) is 8.09. The minimum absolute atomic E-state index is 0.199. The molecule has 0 aliphatic rings. The van der Waals surface area contributed by atoms with Gasteiger partial charge < -0.3 is 10.2 Å². The Balaban J connectivity index is 2.39. The summed E-state index contributed by atoms with van der Waals surface area (Å²) in [5.41, 5.74) is 0.831. The van der Waals surface area contributed by atoms with E-state index in [1.54, 1.807) is 19.2 Å².